The molecule has 0 aliphatic heterocycles. The number of nitriles is 1. The Morgan fingerprint density at radius 1 is 1.40 bits per heavy atom. The zero-order valence-corrected chi connectivity index (χ0v) is 10.4. The number of pyridine rings is 1. The topological polar surface area (TPSA) is 66.5 Å². The number of halogens is 3. The van der Waals surface area contributed by atoms with Gasteiger partial charge in [0, 0.05) is 19.4 Å². The summed E-state index contributed by atoms with van der Waals surface area (Å²) in [4.78, 5) is 7.47. The van der Waals surface area contributed by atoms with E-state index in [1.54, 1.807) is 30.1 Å². The average molecular weight is 281 g/mol. The van der Waals surface area contributed by atoms with Crippen LogP contribution >= 0.6 is 0 Å². The maximum absolute atomic E-state index is 12.6. The zero-order valence-electron chi connectivity index (χ0n) is 10.4. The first-order valence-electron chi connectivity index (χ1n) is 5.60. The quantitative estimate of drug-likeness (QED) is 0.937. The Hall–Kier alpha value is -2.56. The molecule has 0 amide bonds. The third-order valence-corrected chi connectivity index (χ3v) is 2.64. The van der Waals surface area contributed by atoms with Crippen LogP contribution in [-0.2, 0) is 19.8 Å². The molecule has 2 aromatic heterocycles. The van der Waals surface area contributed by atoms with Crippen LogP contribution in [-0.4, -0.2) is 14.5 Å². The van der Waals surface area contributed by atoms with Crippen molar-refractivity contribution in [2.45, 2.75) is 12.7 Å². The Balaban J connectivity index is 2.26. The van der Waals surface area contributed by atoms with Gasteiger partial charge in [-0.1, -0.05) is 0 Å². The number of hydrogen-bond donors (Lipinski definition) is 1. The Kier molecular flexibility index (Phi) is 3.61. The van der Waals surface area contributed by atoms with Crippen LogP contribution in [0.5, 0.6) is 0 Å². The van der Waals surface area contributed by atoms with Crippen LogP contribution in [0, 0.1) is 11.3 Å². The monoisotopic (exact) mass is 281 g/mol. The zero-order chi connectivity index (χ0) is 14.8. The Morgan fingerprint density at radius 3 is 2.70 bits per heavy atom. The predicted molar refractivity (Wildman–Crippen MR) is 64.5 cm³/mol. The summed E-state index contributed by atoms with van der Waals surface area (Å²) in [5.74, 6) is 0.512. The highest BCUT2D eigenvalue weighted by Crippen LogP contribution is 2.29. The van der Waals surface area contributed by atoms with Crippen molar-refractivity contribution < 1.29 is 13.2 Å². The summed E-state index contributed by atoms with van der Waals surface area (Å²) in [6.07, 6.45) is -1.27. The van der Waals surface area contributed by atoms with E-state index in [0.29, 0.717) is 5.82 Å². The van der Waals surface area contributed by atoms with Gasteiger partial charge in [0.2, 0.25) is 0 Å². The summed E-state index contributed by atoms with van der Waals surface area (Å²) in [5.41, 5.74) is -0.994. The fourth-order valence-corrected chi connectivity index (χ4v) is 1.57. The van der Waals surface area contributed by atoms with Gasteiger partial charge in [-0.25, -0.2) is 9.97 Å². The van der Waals surface area contributed by atoms with Crippen molar-refractivity contribution >= 4 is 5.82 Å². The Labute approximate surface area is 112 Å². The second-order valence-electron chi connectivity index (χ2n) is 4.01. The molecule has 2 heterocycles. The lowest BCUT2D eigenvalue weighted by atomic mass is 10.2. The molecule has 0 atom stereocenters. The van der Waals surface area contributed by atoms with E-state index in [-0.39, 0.29) is 17.9 Å². The lowest BCUT2D eigenvalue weighted by molar-refractivity contribution is -0.141. The molecule has 0 aliphatic rings. The second-order valence-corrected chi connectivity index (χ2v) is 4.01. The van der Waals surface area contributed by atoms with Crippen molar-refractivity contribution in [2.75, 3.05) is 5.32 Å². The number of nitrogens with one attached hydrogen (secondary N) is 1. The molecule has 8 heteroatoms. The third kappa shape index (κ3) is 2.88. The smallest absolute Gasteiger partial charge is 0.362 e. The van der Waals surface area contributed by atoms with Gasteiger partial charge in [0.05, 0.1) is 12.1 Å². The van der Waals surface area contributed by atoms with Crippen LogP contribution in [0.15, 0.2) is 24.5 Å². The average Bonchev–Trinajstić information content (AvgIpc) is 2.80. The molecule has 5 nitrogen and oxygen atoms in total. The molecule has 20 heavy (non-hydrogen) atoms. The van der Waals surface area contributed by atoms with E-state index in [1.807, 2.05) is 0 Å². The highest BCUT2D eigenvalue weighted by atomic mass is 19.4. The number of alkyl halides is 3. The minimum absolute atomic E-state index is 0.0483. The van der Waals surface area contributed by atoms with E-state index in [1.165, 1.54) is 0 Å². The van der Waals surface area contributed by atoms with E-state index >= 15 is 0 Å². The summed E-state index contributed by atoms with van der Waals surface area (Å²) >= 11 is 0. The standard InChI is InChI=1S/C12H10F3N5/c1-20-5-4-17-10(20)7-18-11-8(6-16)2-3-9(19-11)12(13,14)15/h2-5H,7H2,1H3,(H,18,19). The van der Waals surface area contributed by atoms with Crippen molar-refractivity contribution in [1.82, 2.24) is 14.5 Å². The van der Waals surface area contributed by atoms with Gasteiger partial charge in [-0.2, -0.15) is 18.4 Å². The predicted octanol–water partition coefficient (Wildman–Crippen LogP) is 2.32. The number of rotatable bonds is 3. The molecule has 2 rings (SSSR count). The summed E-state index contributed by atoms with van der Waals surface area (Å²) in [5, 5.41) is 11.6. The molecular weight excluding hydrogens is 271 g/mol. The number of imidazole rings is 1. The highest BCUT2D eigenvalue weighted by molar-refractivity contribution is 5.52. The first-order valence-corrected chi connectivity index (χ1v) is 5.60. The fourth-order valence-electron chi connectivity index (χ4n) is 1.57. The molecule has 0 spiro atoms. The number of nitrogens with zero attached hydrogens (tertiary/aromatic N) is 4. The highest BCUT2D eigenvalue weighted by Gasteiger charge is 2.33. The first-order chi connectivity index (χ1) is 9.41. The SMILES string of the molecule is Cn1ccnc1CNc1nc(C(F)(F)F)ccc1C#N. The van der Waals surface area contributed by atoms with Gasteiger partial charge in [0.25, 0.3) is 0 Å². The molecule has 0 bridgehead atoms. The largest absolute Gasteiger partial charge is 0.433 e. The van der Waals surface area contributed by atoms with Crippen LogP contribution < -0.4 is 5.32 Å². The van der Waals surface area contributed by atoms with Crippen molar-refractivity contribution in [2.24, 2.45) is 7.05 Å². The van der Waals surface area contributed by atoms with Gasteiger partial charge in [-0.05, 0) is 12.1 Å². The fraction of sp³-hybridized carbons (Fsp3) is 0.250. The Morgan fingerprint density at radius 2 is 2.15 bits per heavy atom. The summed E-state index contributed by atoms with van der Waals surface area (Å²) in [6.45, 7) is 0.173. The summed E-state index contributed by atoms with van der Waals surface area (Å²) in [7, 11) is 1.76. The molecule has 0 aliphatic carbocycles. The summed E-state index contributed by atoms with van der Waals surface area (Å²) in [6, 6.07) is 3.68. The van der Waals surface area contributed by atoms with Crippen molar-refractivity contribution in [3.8, 4) is 6.07 Å². The molecule has 0 saturated heterocycles. The number of anilines is 1. The molecule has 0 aromatic carbocycles. The molecule has 0 fully saturated rings. The van der Waals surface area contributed by atoms with Gasteiger partial charge in [-0.3, -0.25) is 0 Å². The van der Waals surface area contributed by atoms with E-state index in [0.717, 1.165) is 12.1 Å². The van der Waals surface area contributed by atoms with Crippen molar-refractivity contribution in [3.05, 3.63) is 41.6 Å². The van der Waals surface area contributed by atoms with Gasteiger partial charge in [0.1, 0.15) is 23.4 Å². The van der Waals surface area contributed by atoms with Gasteiger partial charge in [0.15, 0.2) is 0 Å². The van der Waals surface area contributed by atoms with Gasteiger partial charge >= 0.3 is 6.18 Å². The molecular formula is C12H10F3N5. The lowest BCUT2D eigenvalue weighted by Crippen LogP contribution is -2.13. The maximum Gasteiger partial charge on any atom is 0.433 e. The van der Waals surface area contributed by atoms with E-state index in [2.05, 4.69) is 15.3 Å². The summed E-state index contributed by atoms with van der Waals surface area (Å²) < 4.78 is 39.5. The van der Waals surface area contributed by atoms with E-state index in [9.17, 15) is 13.2 Å². The number of hydrogen-bond acceptors (Lipinski definition) is 4. The van der Waals surface area contributed by atoms with Crippen LogP contribution in [0.4, 0.5) is 19.0 Å². The van der Waals surface area contributed by atoms with Crippen molar-refractivity contribution in [1.29, 1.82) is 5.26 Å². The molecule has 1 N–H and O–H groups in total. The van der Waals surface area contributed by atoms with Crippen LogP contribution in [0.2, 0.25) is 0 Å². The minimum atomic E-state index is -4.55. The van der Waals surface area contributed by atoms with Gasteiger partial charge in [-0.15, -0.1) is 0 Å². The van der Waals surface area contributed by atoms with E-state index in [4.69, 9.17) is 5.26 Å². The molecule has 0 saturated carbocycles. The molecule has 104 valence electrons. The van der Waals surface area contributed by atoms with Crippen LogP contribution in [0.3, 0.4) is 0 Å². The third-order valence-electron chi connectivity index (χ3n) is 2.64. The van der Waals surface area contributed by atoms with E-state index < -0.39 is 11.9 Å². The van der Waals surface area contributed by atoms with Crippen molar-refractivity contribution in [3.63, 3.8) is 0 Å². The number of aryl methyl sites for hydroxylation is 1. The second kappa shape index (κ2) is 5.21. The minimum Gasteiger partial charge on any atom is -0.362 e. The molecule has 0 radical (unpaired) electrons. The normalized spacial score (nSPS) is 11.2. The Bertz CT molecular complexity index is 654. The maximum atomic E-state index is 12.6. The van der Waals surface area contributed by atoms with Crippen LogP contribution in [0.25, 0.3) is 0 Å². The first kappa shape index (κ1) is 13.9. The molecule has 2 aromatic rings. The lowest BCUT2D eigenvalue weighted by Gasteiger charge is -2.11. The van der Waals surface area contributed by atoms with Crippen LogP contribution in [0.1, 0.15) is 17.1 Å². The van der Waals surface area contributed by atoms with Gasteiger partial charge < -0.3 is 9.88 Å². The molecule has 0 unspecified atom stereocenters. The number of aromatic nitrogens is 3.